The summed E-state index contributed by atoms with van der Waals surface area (Å²) in [6.45, 7) is 7.44. The van der Waals surface area contributed by atoms with Crippen molar-refractivity contribution < 1.29 is 9.59 Å². The smallest absolute Gasteiger partial charge is 0.233 e. The number of amides is 2. The summed E-state index contributed by atoms with van der Waals surface area (Å²) in [5.74, 6) is -0.379. The average Bonchev–Trinajstić information content (AvgIpc) is 2.42. The van der Waals surface area contributed by atoms with E-state index < -0.39 is 0 Å². The van der Waals surface area contributed by atoms with Crippen LogP contribution in [0.4, 0.5) is 5.69 Å². The third-order valence-electron chi connectivity index (χ3n) is 3.11. The molecule has 5 heteroatoms. The van der Waals surface area contributed by atoms with Crippen LogP contribution in [-0.4, -0.2) is 29.8 Å². The van der Waals surface area contributed by atoms with E-state index in [-0.39, 0.29) is 18.2 Å². The topological polar surface area (TPSA) is 49.4 Å². The maximum atomic E-state index is 12.1. The van der Waals surface area contributed by atoms with Gasteiger partial charge in [0.15, 0.2) is 0 Å². The van der Waals surface area contributed by atoms with Gasteiger partial charge >= 0.3 is 0 Å². The fourth-order valence-corrected chi connectivity index (χ4v) is 2.40. The molecule has 0 radical (unpaired) electrons. The molecular weight excluding hydrogens is 332 g/mol. The van der Waals surface area contributed by atoms with Crippen molar-refractivity contribution >= 4 is 33.4 Å². The van der Waals surface area contributed by atoms with E-state index >= 15 is 0 Å². The number of nitrogens with zero attached hydrogens (tertiary/aromatic N) is 1. The Hall–Kier alpha value is -1.36. The second kappa shape index (κ2) is 8.82. The first-order valence-electron chi connectivity index (χ1n) is 7.31. The fourth-order valence-electron chi connectivity index (χ4n) is 2.03. The second-order valence-electron chi connectivity index (χ2n) is 5.07. The number of nitrogens with one attached hydrogen (secondary N) is 1. The lowest BCUT2D eigenvalue weighted by atomic mass is 10.2. The van der Waals surface area contributed by atoms with Crippen molar-refractivity contribution in [2.45, 2.75) is 40.0 Å². The number of aryl methyl sites for hydroxylation is 1. The lowest BCUT2D eigenvalue weighted by Crippen LogP contribution is -2.35. The maximum Gasteiger partial charge on any atom is 0.233 e. The minimum Gasteiger partial charge on any atom is -0.342 e. The Balaban J connectivity index is 2.59. The molecule has 0 aliphatic heterocycles. The van der Waals surface area contributed by atoms with Crippen molar-refractivity contribution in [3.63, 3.8) is 0 Å². The molecule has 21 heavy (non-hydrogen) atoms. The molecule has 0 atom stereocenters. The minimum absolute atomic E-state index is 0.106. The third-order valence-corrected chi connectivity index (χ3v) is 3.96. The van der Waals surface area contributed by atoms with Crippen LogP contribution >= 0.6 is 15.9 Å². The lowest BCUT2D eigenvalue weighted by Gasteiger charge is -2.21. The Morgan fingerprint density at radius 3 is 2.33 bits per heavy atom. The molecular formula is C16H23BrN2O2. The van der Waals surface area contributed by atoms with Crippen molar-refractivity contribution in [2.75, 3.05) is 18.4 Å². The fraction of sp³-hybridized carbons (Fsp3) is 0.500. The van der Waals surface area contributed by atoms with Gasteiger partial charge in [0.25, 0.3) is 0 Å². The van der Waals surface area contributed by atoms with Crippen LogP contribution in [0.25, 0.3) is 0 Å². The molecule has 1 aromatic carbocycles. The van der Waals surface area contributed by atoms with Crippen LogP contribution in [0.5, 0.6) is 0 Å². The van der Waals surface area contributed by atoms with Gasteiger partial charge < -0.3 is 10.2 Å². The van der Waals surface area contributed by atoms with Crippen LogP contribution < -0.4 is 5.32 Å². The van der Waals surface area contributed by atoms with Crippen LogP contribution in [0.2, 0.25) is 0 Å². The van der Waals surface area contributed by atoms with Gasteiger partial charge in [0.05, 0.1) is 0 Å². The second-order valence-corrected chi connectivity index (χ2v) is 5.92. The molecule has 1 N–H and O–H groups in total. The Bertz CT molecular complexity index is 497. The number of halogens is 1. The summed E-state index contributed by atoms with van der Waals surface area (Å²) in [4.78, 5) is 25.8. The Kier molecular flexibility index (Phi) is 7.43. The monoisotopic (exact) mass is 354 g/mol. The van der Waals surface area contributed by atoms with E-state index in [1.165, 1.54) is 0 Å². The normalized spacial score (nSPS) is 10.3. The third kappa shape index (κ3) is 5.87. The summed E-state index contributed by atoms with van der Waals surface area (Å²) >= 11 is 3.42. The zero-order valence-corrected chi connectivity index (χ0v) is 14.5. The molecule has 0 fully saturated rings. The van der Waals surface area contributed by atoms with Crippen LogP contribution in [0, 0.1) is 6.92 Å². The highest BCUT2D eigenvalue weighted by Gasteiger charge is 2.16. The van der Waals surface area contributed by atoms with Crippen molar-refractivity contribution in [1.82, 2.24) is 4.90 Å². The summed E-state index contributed by atoms with van der Waals surface area (Å²) in [5.41, 5.74) is 1.80. The first-order valence-corrected chi connectivity index (χ1v) is 8.11. The van der Waals surface area contributed by atoms with Gasteiger partial charge in [-0.2, -0.15) is 0 Å². The van der Waals surface area contributed by atoms with Gasteiger partial charge in [0, 0.05) is 23.2 Å². The summed E-state index contributed by atoms with van der Waals surface area (Å²) in [6, 6.07) is 5.59. The molecule has 0 aliphatic rings. The molecule has 0 saturated heterocycles. The van der Waals surface area contributed by atoms with Crippen molar-refractivity contribution in [3.8, 4) is 0 Å². The highest BCUT2D eigenvalue weighted by molar-refractivity contribution is 9.10. The quantitative estimate of drug-likeness (QED) is 0.758. The zero-order chi connectivity index (χ0) is 15.8. The molecule has 1 rings (SSSR count). The van der Waals surface area contributed by atoms with E-state index in [4.69, 9.17) is 0 Å². The maximum absolute atomic E-state index is 12.1. The van der Waals surface area contributed by atoms with E-state index in [0.29, 0.717) is 18.8 Å². The van der Waals surface area contributed by atoms with Gasteiger partial charge in [-0.3, -0.25) is 9.59 Å². The largest absolute Gasteiger partial charge is 0.342 e. The molecule has 0 spiro atoms. The number of benzene rings is 1. The average molecular weight is 355 g/mol. The number of carbonyl (C=O) groups is 2. The number of rotatable bonds is 7. The van der Waals surface area contributed by atoms with Crippen LogP contribution in [0.1, 0.15) is 38.7 Å². The van der Waals surface area contributed by atoms with Crippen molar-refractivity contribution in [2.24, 2.45) is 0 Å². The predicted octanol–water partition coefficient (Wildman–Crippen LogP) is 3.73. The van der Waals surface area contributed by atoms with Gasteiger partial charge in [0.2, 0.25) is 11.8 Å². The van der Waals surface area contributed by atoms with E-state index in [9.17, 15) is 9.59 Å². The Morgan fingerprint density at radius 1 is 1.19 bits per heavy atom. The van der Waals surface area contributed by atoms with Crippen LogP contribution in [-0.2, 0) is 9.59 Å². The van der Waals surface area contributed by atoms with E-state index in [0.717, 1.165) is 22.9 Å². The van der Waals surface area contributed by atoms with E-state index in [1.54, 1.807) is 4.90 Å². The van der Waals surface area contributed by atoms with E-state index in [2.05, 4.69) is 21.2 Å². The zero-order valence-electron chi connectivity index (χ0n) is 12.9. The number of hydrogen-bond donors (Lipinski definition) is 1. The molecule has 0 aromatic heterocycles. The SMILES string of the molecule is CCCN(CCC)C(=O)CC(=O)Nc1ccc(C)c(Br)c1. The minimum atomic E-state index is -0.270. The molecule has 116 valence electrons. The van der Waals surface area contributed by atoms with Gasteiger partial charge in [-0.25, -0.2) is 0 Å². The molecule has 0 bridgehead atoms. The number of anilines is 1. The standard InChI is InChI=1S/C16H23BrN2O2/c1-4-8-19(9-5-2)16(21)11-15(20)18-13-7-6-12(3)14(17)10-13/h6-7,10H,4-5,8-9,11H2,1-3H3,(H,18,20). The Morgan fingerprint density at radius 2 is 1.81 bits per heavy atom. The summed E-state index contributed by atoms with van der Waals surface area (Å²) in [6.07, 6.45) is 1.70. The molecule has 0 saturated carbocycles. The van der Waals surface area contributed by atoms with E-state index in [1.807, 2.05) is 39.0 Å². The Labute approximate surface area is 135 Å². The predicted molar refractivity (Wildman–Crippen MR) is 89.3 cm³/mol. The molecule has 0 aliphatic carbocycles. The van der Waals surface area contributed by atoms with Crippen LogP contribution in [0.3, 0.4) is 0 Å². The summed E-state index contributed by atoms with van der Waals surface area (Å²) in [7, 11) is 0. The molecule has 0 heterocycles. The van der Waals surface area contributed by atoms with Gasteiger partial charge in [0.1, 0.15) is 6.42 Å². The molecule has 0 unspecified atom stereocenters. The van der Waals surface area contributed by atoms with Crippen molar-refractivity contribution in [3.05, 3.63) is 28.2 Å². The lowest BCUT2D eigenvalue weighted by molar-refractivity contribution is -0.134. The highest BCUT2D eigenvalue weighted by atomic mass is 79.9. The van der Waals surface area contributed by atoms with Gasteiger partial charge in [-0.05, 0) is 37.5 Å². The first-order chi connectivity index (χ1) is 9.97. The number of hydrogen-bond acceptors (Lipinski definition) is 2. The van der Waals surface area contributed by atoms with Crippen molar-refractivity contribution in [1.29, 1.82) is 0 Å². The first kappa shape index (κ1) is 17.7. The van der Waals surface area contributed by atoms with Crippen LogP contribution in [0.15, 0.2) is 22.7 Å². The summed E-state index contributed by atoms with van der Waals surface area (Å²) in [5, 5.41) is 2.76. The van der Waals surface area contributed by atoms with Gasteiger partial charge in [-0.1, -0.05) is 35.8 Å². The van der Waals surface area contributed by atoms with Gasteiger partial charge in [-0.15, -0.1) is 0 Å². The molecule has 1 aromatic rings. The molecule has 4 nitrogen and oxygen atoms in total. The highest BCUT2D eigenvalue weighted by Crippen LogP contribution is 2.20. The molecule has 2 amide bonds. The summed E-state index contributed by atoms with van der Waals surface area (Å²) < 4.78 is 0.935. The number of carbonyl (C=O) groups excluding carboxylic acids is 2.